The summed E-state index contributed by atoms with van der Waals surface area (Å²) in [7, 11) is 0. The molecule has 4 aromatic rings. The number of nitrogens with one attached hydrogen (secondary N) is 4. The molecule has 0 aliphatic carbocycles. The number of nitrogens with zero attached hydrogens (tertiary/aromatic N) is 2. The summed E-state index contributed by atoms with van der Waals surface area (Å²) in [5.74, 6) is -0.0602. The molecule has 0 saturated carbocycles. The van der Waals surface area contributed by atoms with Gasteiger partial charge in [0.25, 0.3) is 0 Å². The van der Waals surface area contributed by atoms with E-state index in [0.717, 1.165) is 36.8 Å². The van der Waals surface area contributed by atoms with Gasteiger partial charge in [0.2, 0.25) is 0 Å². The highest BCUT2D eigenvalue weighted by Crippen LogP contribution is 2.39. The van der Waals surface area contributed by atoms with Gasteiger partial charge in [-0.2, -0.15) is 18.2 Å². The van der Waals surface area contributed by atoms with Crippen LogP contribution < -0.4 is 33.5 Å². The van der Waals surface area contributed by atoms with Gasteiger partial charge in [-0.3, -0.25) is 9.98 Å². The lowest BCUT2D eigenvalue weighted by Crippen LogP contribution is -2.33. The molecule has 10 N–H and O–H groups in total. The highest BCUT2D eigenvalue weighted by Gasteiger charge is 2.29. The van der Waals surface area contributed by atoms with Crippen LogP contribution in [0.1, 0.15) is 49.8 Å². The Kier molecular flexibility index (Phi) is 11.7. The number of fused-ring (bicyclic) bond motifs is 1. The summed E-state index contributed by atoms with van der Waals surface area (Å²) in [6.07, 6.45) is 5.29. The smallest absolute Gasteiger partial charge is 0.370 e. The Morgan fingerprint density at radius 3 is 2.53 bits per heavy atom. The van der Waals surface area contributed by atoms with Gasteiger partial charge in [0.05, 0.1) is 5.69 Å². The number of alkyl halides is 3. The van der Waals surface area contributed by atoms with E-state index < -0.39 is 11.2 Å². The largest absolute Gasteiger partial charge is 0.446 e. The number of benzene rings is 2. The Hall–Kier alpha value is -3.85. The van der Waals surface area contributed by atoms with Gasteiger partial charge in [-0.1, -0.05) is 12.1 Å². The molecule has 10 nitrogen and oxygen atoms in total. The van der Waals surface area contributed by atoms with Crippen LogP contribution in [-0.4, -0.2) is 51.7 Å². The van der Waals surface area contributed by atoms with Crippen LogP contribution in [0.15, 0.2) is 64.4 Å². The third-order valence-corrected chi connectivity index (χ3v) is 7.94. The van der Waals surface area contributed by atoms with Gasteiger partial charge < -0.3 is 32.8 Å². The summed E-state index contributed by atoms with van der Waals surface area (Å²) >= 11 is -0.149. The molecule has 2 aromatic carbocycles. The van der Waals surface area contributed by atoms with E-state index in [0.29, 0.717) is 54.0 Å². The molecule has 242 valence electrons. The summed E-state index contributed by atoms with van der Waals surface area (Å²) in [5.41, 5.74) is 16.0. The second-order valence-corrected chi connectivity index (χ2v) is 12.2. The number of aromatic amines is 1. The minimum Gasteiger partial charge on any atom is -0.370 e. The molecule has 0 amide bonds. The SMILES string of the molecule is C[C@H](N)CCCc1cc(SC(F)(F)F)cc(-c2cc3cn(-c4ccc([C@@H](CCN)NCCCNC(=N)N)cc4)c(=O)nc3[nH]2)c1. The molecule has 14 heteroatoms. The molecule has 0 unspecified atom stereocenters. The molecule has 2 atom stereocenters. The van der Waals surface area contributed by atoms with E-state index in [9.17, 15) is 18.0 Å². The number of hydrogen-bond acceptors (Lipinski definition) is 7. The number of thioether (sulfide) groups is 1. The monoisotopic (exact) mass is 643 g/mol. The zero-order chi connectivity index (χ0) is 32.6. The minimum atomic E-state index is -4.42. The van der Waals surface area contributed by atoms with Crippen LogP contribution in [0.2, 0.25) is 0 Å². The number of nitrogens with two attached hydrogens (primary N) is 3. The molecule has 0 spiro atoms. The van der Waals surface area contributed by atoms with Crippen molar-refractivity contribution in [3.05, 3.63) is 76.3 Å². The van der Waals surface area contributed by atoms with Gasteiger partial charge in [0.15, 0.2) is 5.96 Å². The molecule has 45 heavy (non-hydrogen) atoms. The van der Waals surface area contributed by atoms with E-state index in [2.05, 4.69) is 20.6 Å². The topological polar surface area (TPSA) is 177 Å². The maximum Gasteiger partial charge on any atom is 0.446 e. The first kappa shape index (κ1) is 34.0. The molecule has 2 heterocycles. The van der Waals surface area contributed by atoms with Gasteiger partial charge >= 0.3 is 11.2 Å². The number of aromatic nitrogens is 3. The first-order valence-electron chi connectivity index (χ1n) is 14.8. The maximum atomic E-state index is 13.3. The van der Waals surface area contributed by atoms with Crippen molar-refractivity contribution in [3.63, 3.8) is 0 Å². The van der Waals surface area contributed by atoms with Crippen molar-refractivity contribution in [2.75, 3.05) is 19.6 Å². The lowest BCUT2D eigenvalue weighted by atomic mass is 10.0. The number of hydrogen-bond donors (Lipinski definition) is 7. The third kappa shape index (κ3) is 10.1. The molecule has 0 fully saturated rings. The van der Waals surface area contributed by atoms with Crippen LogP contribution in [0.25, 0.3) is 28.0 Å². The summed E-state index contributed by atoms with van der Waals surface area (Å²) in [5, 5.41) is 14.1. The third-order valence-electron chi connectivity index (χ3n) is 7.23. The molecule has 4 rings (SSSR count). The van der Waals surface area contributed by atoms with E-state index in [1.54, 1.807) is 18.3 Å². The maximum absolute atomic E-state index is 13.3. The number of rotatable bonds is 15. The standard InChI is InChI=1S/C31H40F3N9OS/c1-19(36)4-2-5-20-14-22(16-25(15-20)45-31(32,33)34)27-17-23-18-43(30(44)42-28(23)41-27)24-8-6-21(7-9-24)26(10-11-35)39-12-3-13-40-29(37)38/h6-9,14-19,26,39H,2-5,10-13,35-36H2,1H3,(H4,37,38,40)(H,41,42,44)/t19-,26+/m0/s1. The predicted octanol–water partition coefficient (Wildman–Crippen LogP) is 4.52. The van der Waals surface area contributed by atoms with Crippen LogP contribution in [0, 0.1) is 5.41 Å². The van der Waals surface area contributed by atoms with Gasteiger partial charge in [0.1, 0.15) is 5.65 Å². The molecular weight excluding hydrogens is 603 g/mol. The Labute approximate surface area is 263 Å². The Balaban J connectivity index is 1.57. The molecule has 0 radical (unpaired) electrons. The second kappa shape index (κ2) is 15.4. The molecule has 0 bridgehead atoms. The fourth-order valence-corrected chi connectivity index (χ4v) is 5.79. The molecule has 0 aliphatic rings. The van der Waals surface area contributed by atoms with Crippen LogP contribution in [0.3, 0.4) is 0 Å². The average molecular weight is 644 g/mol. The summed E-state index contributed by atoms with van der Waals surface area (Å²) in [4.78, 5) is 20.5. The van der Waals surface area contributed by atoms with Crippen molar-refractivity contribution in [1.29, 1.82) is 5.41 Å². The molecule has 2 aromatic heterocycles. The number of H-pyrrole nitrogens is 1. The Bertz CT molecular complexity index is 1630. The fourth-order valence-electron chi connectivity index (χ4n) is 5.12. The van der Waals surface area contributed by atoms with Gasteiger partial charge in [-0.05, 0) is 117 Å². The first-order chi connectivity index (χ1) is 21.4. The molecule has 0 aliphatic heterocycles. The minimum absolute atomic E-state index is 0.0114. The van der Waals surface area contributed by atoms with Crippen LogP contribution >= 0.6 is 11.8 Å². The average Bonchev–Trinajstić information content (AvgIpc) is 3.38. The fraction of sp³-hybridized carbons (Fsp3) is 0.387. The van der Waals surface area contributed by atoms with Gasteiger partial charge in [-0.25, -0.2) is 4.79 Å². The van der Waals surface area contributed by atoms with Gasteiger partial charge in [-0.15, -0.1) is 0 Å². The molecule has 0 saturated heterocycles. The van der Waals surface area contributed by atoms with E-state index in [4.69, 9.17) is 22.6 Å². The van der Waals surface area contributed by atoms with E-state index in [1.807, 2.05) is 37.3 Å². The van der Waals surface area contributed by atoms with Crippen molar-refractivity contribution < 1.29 is 13.2 Å². The highest BCUT2D eigenvalue weighted by molar-refractivity contribution is 8.00. The number of aryl methyl sites for hydroxylation is 1. The zero-order valence-electron chi connectivity index (χ0n) is 25.1. The summed E-state index contributed by atoms with van der Waals surface area (Å²) < 4.78 is 41.2. The van der Waals surface area contributed by atoms with Crippen molar-refractivity contribution in [2.45, 2.75) is 61.5 Å². The van der Waals surface area contributed by atoms with E-state index in [1.165, 1.54) is 10.6 Å². The lowest BCUT2D eigenvalue weighted by molar-refractivity contribution is -0.0328. The lowest BCUT2D eigenvalue weighted by Gasteiger charge is -2.19. The van der Waals surface area contributed by atoms with Gasteiger partial charge in [0, 0.05) is 40.8 Å². The summed E-state index contributed by atoms with van der Waals surface area (Å²) in [6, 6.07) is 14.3. The normalized spacial score (nSPS) is 13.2. The quantitative estimate of drug-likeness (QED) is 0.0428. The number of guanidine groups is 1. The zero-order valence-corrected chi connectivity index (χ0v) is 25.9. The van der Waals surface area contributed by atoms with E-state index >= 15 is 0 Å². The molecular formula is C31H40F3N9OS. The van der Waals surface area contributed by atoms with Crippen LogP contribution in [0.5, 0.6) is 0 Å². The second-order valence-electron chi connectivity index (χ2n) is 11.0. The Morgan fingerprint density at radius 1 is 1.11 bits per heavy atom. The highest BCUT2D eigenvalue weighted by atomic mass is 32.2. The van der Waals surface area contributed by atoms with Crippen molar-refractivity contribution >= 4 is 28.8 Å². The Morgan fingerprint density at radius 2 is 1.87 bits per heavy atom. The van der Waals surface area contributed by atoms with Crippen LogP contribution in [-0.2, 0) is 6.42 Å². The first-order valence-corrected chi connectivity index (χ1v) is 15.6. The van der Waals surface area contributed by atoms with Crippen molar-refractivity contribution in [3.8, 4) is 16.9 Å². The van der Waals surface area contributed by atoms with E-state index in [-0.39, 0.29) is 34.7 Å². The van der Waals surface area contributed by atoms with Crippen LogP contribution in [0.4, 0.5) is 13.2 Å². The summed E-state index contributed by atoms with van der Waals surface area (Å²) in [6.45, 7) is 3.69. The number of halogens is 3. The van der Waals surface area contributed by atoms with Crippen molar-refractivity contribution in [2.24, 2.45) is 17.2 Å². The predicted molar refractivity (Wildman–Crippen MR) is 175 cm³/mol. The van der Waals surface area contributed by atoms with Crippen molar-refractivity contribution in [1.82, 2.24) is 25.2 Å².